The second kappa shape index (κ2) is 7.80. The van der Waals surface area contributed by atoms with Gasteiger partial charge in [-0.25, -0.2) is 0 Å². The predicted octanol–water partition coefficient (Wildman–Crippen LogP) is 2.38. The molecule has 0 amide bonds. The SMILES string of the molecule is CC(C)N(CCOc1cccc(NN)c1[N+](=O)[O-])C(C)C. The number of ether oxygens (including phenoxy) is 1. The molecule has 3 N–H and O–H groups in total. The molecule has 0 bridgehead atoms. The van der Waals surface area contributed by atoms with Crippen LogP contribution in [0.1, 0.15) is 27.7 Å². The van der Waals surface area contributed by atoms with E-state index < -0.39 is 4.92 Å². The minimum atomic E-state index is -0.493. The van der Waals surface area contributed by atoms with Crippen molar-refractivity contribution in [1.29, 1.82) is 0 Å². The van der Waals surface area contributed by atoms with Gasteiger partial charge in [-0.2, -0.15) is 0 Å². The molecule has 0 aliphatic carbocycles. The van der Waals surface area contributed by atoms with Crippen LogP contribution in [-0.4, -0.2) is 35.1 Å². The van der Waals surface area contributed by atoms with Gasteiger partial charge in [0, 0.05) is 18.6 Å². The third-order valence-corrected chi connectivity index (χ3v) is 3.27. The van der Waals surface area contributed by atoms with E-state index in [0.717, 1.165) is 0 Å². The zero-order valence-corrected chi connectivity index (χ0v) is 13.0. The smallest absolute Gasteiger partial charge is 0.335 e. The second-order valence-corrected chi connectivity index (χ2v) is 5.33. The average molecular weight is 296 g/mol. The molecule has 1 rings (SSSR count). The van der Waals surface area contributed by atoms with E-state index in [9.17, 15) is 10.1 Å². The van der Waals surface area contributed by atoms with Gasteiger partial charge in [-0.1, -0.05) is 6.07 Å². The highest BCUT2D eigenvalue weighted by Crippen LogP contribution is 2.34. The van der Waals surface area contributed by atoms with E-state index in [0.29, 0.717) is 25.2 Å². The minimum absolute atomic E-state index is 0.138. The topological polar surface area (TPSA) is 93.7 Å². The molecule has 1 aromatic carbocycles. The Bertz CT molecular complexity index is 469. The third kappa shape index (κ3) is 4.57. The molecule has 0 spiro atoms. The Kier molecular flexibility index (Phi) is 6.39. The van der Waals surface area contributed by atoms with E-state index in [1.165, 1.54) is 0 Å². The number of nitrogens with one attached hydrogen (secondary N) is 1. The maximum atomic E-state index is 11.1. The Morgan fingerprint density at radius 2 is 1.95 bits per heavy atom. The molecule has 1 aromatic rings. The summed E-state index contributed by atoms with van der Waals surface area (Å²) in [4.78, 5) is 12.9. The fourth-order valence-electron chi connectivity index (χ4n) is 2.32. The highest BCUT2D eigenvalue weighted by molar-refractivity contribution is 5.67. The van der Waals surface area contributed by atoms with Crippen LogP contribution in [0, 0.1) is 10.1 Å². The first kappa shape index (κ1) is 17.2. The summed E-state index contributed by atoms with van der Waals surface area (Å²) in [6.45, 7) is 9.53. The highest BCUT2D eigenvalue weighted by atomic mass is 16.6. The number of hydrogen-bond acceptors (Lipinski definition) is 6. The lowest BCUT2D eigenvalue weighted by atomic mass is 10.2. The van der Waals surface area contributed by atoms with Gasteiger partial charge in [0.1, 0.15) is 12.3 Å². The van der Waals surface area contributed by atoms with Crippen LogP contribution in [0.3, 0.4) is 0 Å². The average Bonchev–Trinajstić information content (AvgIpc) is 2.41. The summed E-state index contributed by atoms with van der Waals surface area (Å²) in [6, 6.07) is 5.56. The molecule has 0 saturated heterocycles. The van der Waals surface area contributed by atoms with E-state index in [1.54, 1.807) is 18.2 Å². The maximum absolute atomic E-state index is 11.1. The van der Waals surface area contributed by atoms with Crippen molar-refractivity contribution in [1.82, 2.24) is 4.90 Å². The fourth-order valence-corrected chi connectivity index (χ4v) is 2.32. The molecule has 118 valence electrons. The number of nitrogens with two attached hydrogens (primary N) is 1. The normalized spacial score (nSPS) is 11.2. The van der Waals surface area contributed by atoms with Crippen molar-refractivity contribution in [2.24, 2.45) is 5.84 Å². The summed E-state index contributed by atoms with van der Waals surface area (Å²) in [6.07, 6.45) is 0. The minimum Gasteiger partial charge on any atom is -0.485 e. The Morgan fingerprint density at radius 3 is 2.43 bits per heavy atom. The van der Waals surface area contributed by atoms with Crippen molar-refractivity contribution < 1.29 is 9.66 Å². The van der Waals surface area contributed by atoms with Crippen molar-refractivity contribution in [2.75, 3.05) is 18.6 Å². The lowest BCUT2D eigenvalue weighted by Gasteiger charge is -2.30. The quantitative estimate of drug-likeness (QED) is 0.434. The Morgan fingerprint density at radius 1 is 1.33 bits per heavy atom. The molecular formula is C14H24N4O3. The van der Waals surface area contributed by atoms with Crippen molar-refractivity contribution in [2.45, 2.75) is 39.8 Å². The molecule has 7 heteroatoms. The van der Waals surface area contributed by atoms with Gasteiger partial charge in [-0.3, -0.25) is 20.9 Å². The molecule has 0 fully saturated rings. The van der Waals surface area contributed by atoms with Gasteiger partial charge in [0.25, 0.3) is 0 Å². The Hall–Kier alpha value is -1.86. The molecule has 0 aliphatic rings. The van der Waals surface area contributed by atoms with Crippen LogP contribution >= 0.6 is 0 Å². The standard InChI is InChI=1S/C14H24N4O3/c1-10(2)17(11(3)4)8-9-21-13-7-5-6-12(16-15)14(13)18(19)20/h5-7,10-11,16H,8-9,15H2,1-4H3. The Labute approximate surface area is 125 Å². The molecule has 0 atom stereocenters. The number of para-hydroxylation sites is 1. The van der Waals surface area contributed by atoms with Crippen LogP contribution in [0.25, 0.3) is 0 Å². The van der Waals surface area contributed by atoms with Crippen LogP contribution in [0.4, 0.5) is 11.4 Å². The van der Waals surface area contributed by atoms with Crippen molar-refractivity contribution in [3.8, 4) is 5.75 Å². The summed E-state index contributed by atoms with van der Waals surface area (Å²) in [7, 11) is 0. The van der Waals surface area contributed by atoms with E-state index in [2.05, 4.69) is 38.0 Å². The molecule has 21 heavy (non-hydrogen) atoms. The van der Waals surface area contributed by atoms with Gasteiger partial charge in [-0.05, 0) is 39.8 Å². The predicted molar refractivity (Wildman–Crippen MR) is 83.4 cm³/mol. The number of nitrogens with zero attached hydrogens (tertiary/aromatic N) is 2. The van der Waals surface area contributed by atoms with Crippen LogP contribution in [-0.2, 0) is 0 Å². The summed E-state index contributed by atoms with van der Waals surface area (Å²) < 4.78 is 5.59. The van der Waals surface area contributed by atoms with Crippen LogP contribution in [0.2, 0.25) is 0 Å². The summed E-state index contributed by atoms with van der Waals surface area (Å²) in [5.41, 5.74) is 2.42. The number of hydrazine groups is 1. The van der Waals surface area contributed by atoms with Gasteiger partial charge in [0.15, 0.2) is 5.75 Å². The number of hydrogen-bond donors (Lipinski definition) is 2. The monoisotopic (exact) mass is 296 g/mol. The van der Waals surface area contributed by atoms with E-state index in [-0.39, 0.29) is 17.1 Å². The van der Waals surface area contributed by atoms with E-state index >= 15 is 0 Å². The van der Waals surface area contributed by atoms with Crippen LogP contribution < -0.4 is 16.0 Å². The number of rotatable bonds is 8. The molecule has 0 aliphatic heterocycles. The molecule has 0 aromatic heterocycles. The molecule has 0 unspecified atom stereocenters. The van der Waals surface area contributed by atoms with Crippen molar-refractivity contribution >= 4 is 11.4 Å². The van der Waals surface area contributed by atoms with E-state index in [1.807, 2.05) is 0 Å². The van der Waals surface area contributed by atoms with Crippen molar-refractivity contribution in [3.05, 3.63) is 28.3 Å². The van der Waals surface area contributed by atoms with E-state index in [4.69, 9.17) is 10.6 Å². The number of nitro benzene ring substituents is 1. The molecule has 7 nitrogen and oxygen atoms in total. The highest BCUT2D eigenvalue weighted by Gasteiger charge is 2.21. The van der Waals surface area contributed by atoms with Gasteiger partial charge < -0.3 is 10.2 Å². The second-order valence-electron chi connectivity index (χ2n) is 5.33. The van der Waals surface area contributed by atoms with Gasteiger partial charge >= 0.3 is 5.69 Å². The first-order valence-electron chi connectivity index (χ1n) is 7.01. The maximum Gasteiger partial charge on any atom is 0.335 e. The number of benzene rings is 1. The van der Waals surface area contributed by atoms with Crippen LogP contribution in [0.5, 0.6) is 5.75 Å². The lowest BCUT2D eigenvalue weighted by molar-refractivity contribution is -0.385. The number of nitrogen functional groups attached to an aromatic ring is 1. The molecule has 0 saturated carbocycles. The summed E-state index contributed by atoms with van der Waals surface area (Å²) >= 11 is 0. The largest absolute Gasteiger partial charge is 0.485 e. The zero-order valence-electron chi connectivity index (χ0n) is 13.0. The first-order valence-corrected chi connectivity index (χ1v) is 7.01. The first-order chi connectivity index (χ1) is 9.88. The van der Waals surface area contributed by atoms with Crippen molar-refractivity contribution in [3.63, 3.8) is 0 Å². The fraction of sp³-hybridized carbons (Fsp3) is 0.571. The van der Waals surface area contributed by atoms with Crippen LogP contribution in [0.15, 0.2) is 18.2 Å². The Balaban J connectivity index is 2.78. The van der Waals surface area contributed by atoms with Gasteiger partial charge in [0.2, 0.25) is 0 Å². The molecular weight excluding hydrogens is 272 g/mol. The van der Waals surface area contributed by atoms with Gasteiger partial charge in [-0.15, -0.1) is 0 Å². The third-order valence-electron chi connectivity index (χ3n) is 3.27. The summed E-state index contributed by atoms with van der Waals surface area (Å²) in [5.74, 6) is 5.52. The molecule has 0 heterocycles. The number of anilines is 1. The zero-order chi connectivity index (χ0) is 16.0. The molecule has 0 radical (unpaired) electrons. The number of nitro groups is 1. The lowest BCUT2D eigenvalue weighted by Crippen LogP contribution is -2.39. The summed E-state index contributed by atoms with van der Waals surface area (Å²) in [5, 5.41) is 11.1. The van der Waals surface area contributed by atoms with Gasteiger partial charge in [0.05, 0.1) is 4.92 Å².